The molecule has 0 aromatic heterocycles. The summed E-state index contributed by atoms with van der Waals surface area (Å²) in [5.41, 5.74) is 1.34. The maximum absolute atomic E-state index is 12.0. The van der Waals surface area contributed by atoms with E-state index < -0.39 is 12.1 Å². The summed E-state index contributed by atoms with van der Waals surface area (Å²) in [6.45, 7) is 1.97. The molecule has 1 amide bonds. The third-order valence-electron chi connectivity index (χ3n) is 3.41. The normalized spacial score (nSPS) is 11.5. The topological polar surface area (TPSA) is 55.8 Å². The van der Waals surface area contributed by atoms with Gasteiger partial charge in [-0.05, 0) is 36.8 Å². The number of carbonyl (C=O) groups is 2. The summed E-state index contributed by atoms with van der Waals surface area (Å²) in [7, 11) is 3.24. The van der Waals surface area contributed by atoms with Gasteiger partial charge >= 0.3 is 5.97 Å². The van der Waals surface area contributed by atoms with Gasteiger partial charge < -0.3 is 14.4 Å². The number of hydrogen-bond donors (Lipinski definition) is 0. The molecule has 0 aliphatic heterocycles. The lowest BCUT2D eigenvalue weighted by Gasteiger charge is -2.17. The second-order valence-corrected chi connectivity index (χ2v) is 5.58. The molecule has 0 saturated heterocycles. The second-order valence-electron chi connectivity index (χ2n) is 5.58. The van der Waals surface area contributed by atoms with Crippen LogP contribution >= 0.6 is 0 Å². The number of nitrogens with zero attached hydrogens (tertiary/aromatic N) is 1. The van der Waals surface area contributed by atoms with Crippen LogP contribution < -0.4 is 4.74 Å². The summed E-state index contributed by atoms with van der Waals surface area (Å²) in [6, 6.07) is 16.4. The van der Waals surface area contributed by atoms with E-state index in [2.05, 4.69) is 0 Å². The zero-order valence-electron chi connectivity index (χ0n) is 14.1. The Morgan fingerprint density at radius 2 is 1.62 bits per heavy atom. The van der Waals surface area contributed by atoms with Gasteiger partial charge in [-0.3, -0.25) is 4.79 Å². The highest BCUT2D eigenvalue weighted by molar-refractivity contribution is 5.92. The van der Waals surface area contributed by atoms with Gasteiger partial charge in [-0.2, -0.15) is 0 Å². The lowest BCUT2D eigenvalue weighted by atomic mass is 10.1. The Morgan fingerprint density at radius 3 is 2.21 bits per heavy atom. The second kappa shape index (κ2) is 8.15. The van der Waals surface area contributed by atoms with E-state index in [4.69, 9.17) is 9.47 Å². The van der Waals surface area contributed by atoms with Gasteiger partial charge in [0.15, 0.2) is 6.10 Å². The molecule has 0 bridgehead atoms. The lowest BCUT2D eigenvalue weighted by molar-refractivity contribution is -0.137. The van der Waals surface area contributed by atoms with Crippen LogP contribution in [0.5, 0.6) is 5.75 Å². The zero-order valence-corrected chi connectivity index (χ0v) is 14.1. The Kier molecular flexibility index (Phi) is 5.95. The molecule has 0 N–H and O–H groups in total. The third kappa shape index (κ3) is 4.84. The standard InChI is InChI=1S/C19H21NO4/c1-14(18(21)20(2)3)24-19(22)16-11-9-15(10-12-16)13-23-17-7-5-4-6-8-17/h4-12,14H,13H2,1-3H3. The van der Waals surface area contributed by atoms with Crippen LogP contribution in [-0.2, 0) is 16.1 Å². The molecule has 2 aromatic carbocycles. The monoisotopic (exact) mass is 327 g/mol. The number of amides is 1. The van der Waals surface area contributed by atoms with Crippen LogP contribution in [0.25, 0.3) is 0 Å². The molecule has 0 aliphatic rings. The predicted octanol–water partition coefficient (Wildman–Crippen LogP) is 2.90. The van der Waals surface area contributed by atoms with Crippen molar-refractivity contribution >= 4 is 11.9 Å². The van der Waals surface area contributed by atoms with Crippen LogP contribution in [0, 0.1) is 0 Å². The molecule has 2 aromatic rings. The van der Waals surface area contributed by atoms with Crippen LogP contribution in [0.4, 0.5) is 0 Å². The van der Waals surface area contributed by atoms with Crippen molar-refractivity contribution in [3.05, 3.63) is 65.7 Å². The van der Waals surface area contributed by atoms with Crippen LogP contribution in [-0.4, -0.2) is 37.0 Å². The minimum Gasteiger partial charge on any atom is -0.489 e. The molecular weight excluding hydrogens is 306 g/mol. The molecule has 1 atom stereocenters. The van der Waals surface area contributed by atoms with E-state index in [0.29, 0.717) is 12.2 Å². The van der Waals surface area contributed by atoms with Gasteiger partial charge in [0, 0.05) is 14.1 Å². The number of esters is 1. The first-order chi connectivity index (χ1) is 11.5. The summed E-state index contributed by atoms with van der Waals surface area (Å²) in [6.07, 6.45) is -0.811. The number of rotatable bonds is 6. The number of carbonyl (C=O) groups excluding carboxylic acids is 2. The molecule has 0 radical (unpaired) electrons. The Bertz CT molecular complexity index is 680. The van der Waals surface area contributed by atoms with Gasteiger partial charge in [-0.15, -0.1) is 0 Å². The average Bonchev–Trinajstić information content (AvgIpc) is 2.60. The van der Waals surface area contributed by atoms with Gasteiger partial charge in [-0.1, -0.05) is 30.3 Å². The molecule has 0 heterocycles. The van der Waals surface area contributed by atoms with Crippen LogP contribution in [0.3, 0.4) is 0 Å². The smallest absolute Gasteiger partial charge is 0.338 e. The summed E-state index contributed by atoms with van der Waals surface area (Å²) < 4.78 is 10.8. The molecule has 0 saturated carbocycles. The average molecular weight is 327 g/mol. The van der Waals surface area contributed by atoms with Gasteiger partial charge in [0.25, 0.3) is 5.91 Å². The van der Waals surface area contributed by atoms with E-state index in [1.54, 1.807) is 45.3 Å². The van der Waals surface area contributed by atoms with Crippen LogP contribution in [0.1, 0.15) is 22.8 Å². The Morgan fingerprint density at radius 1 is 1.00 bits per heavy atom. The number of likely N-dealkylation sites (N-methyl/N-ethyl adjacent to an activating group) is 1. The lowest BCUT2D eigenvalue weighted by Crippen LogP contribution is -2.34. The summed E-state index contributed by atoms with van der Waals surface area (Å²) in [5, 5.41) is 0. The molecule has 126 valence electrons. The first-order valence-corrected chi connectivity index (χ1v) is 7.66. The van der Waals surface area contributed by atoms with Gasteiger partial charge in [0.05, 0.1) is 5.56 Å². The quantitative estimate of drug-likeness (QED) is 0.766. The molecule has 24 heavy (non-hydrogen) atoms. The molecule has 0 spiro atoms. The van der Waals surface area contributed by atoms with Gasteiger partial charge in [0.2, 0.25) is 0 Å². The first kappa shape index (κ1) is 17.5. The van der Waals surface area contributed by atoms with Crippen LogP contribution in [0.2, 0.25) is 0 Å². The largest absolute Gasteiger partial charge is 0.489 e. The fourth-order valence-corrected chi connectivity index (χ4v) is 2.06. The van der Waals surface area contributed by atoms with Crippen molar-refractivity contribution < 1.29 is 19.1 Å². The zero-order chi connectivity index (χ0) is 17.5. The summed E-state index contributed by atoms with van der Waals surface area (Å²) >= 11 is 0. The number of hydrogen-bond acceptors (Lipinski definition) is 4. The first-order valence-electron chi connectivity index (χ1n) is 7.66. The molecular formula is C19H21NO4. The SMILES string of the molecule is CC(OC(=O)c1ccc(COc2ccccc2)cc1)C(=O)N(C)C. The highest BCUT2D eigenvalue weighted by atomic mass is 16.5. The van der Waals surface area contributed by atoms with E-state index in [1.165, 1.54) is 4.90 Å². The summed E-state index contributed by atoms with van der Waals surface area (Å²) in [4.78, 5) is 25.2. The fraction of sp³-hybridized carbons (Fsp3) is 0.263. The van der Waals surface area contributed by atoms with E-state index >= 15 is 0 Å². The Balaban J connectivity index is 1.91. The molecule has 1 unspecified atom stereocenters. The van der Waals surface area contributed by atoms with Crippen molar-refractivity contribution in [1.82, 2.24) is 4.90 Å². The van der Waals surface area contributed by atoms with Gasteiger partial charge in [-0.25, -0.2) is 4.79 Å². The van der Waals surface area contributed by atoms with Crippen molar-refractivity contribution in [1.29, 1.82) is 0 Å². The molecule has 2 rings (SSSR count). The number of benzene rings is 2. The van der Waals surface area contributed by atoms with E-state index in [-0.39, 0.29) is 5.91 Å². The Labute approximate surface area is 141 Å². The highest BCUT2D eigenvalue weighted by Gasteiger charge is 2.20. The Hall–Kier alpha value is -2.82. The van der Waals surface area contributed by atoms with E-state index in [0.717, 1.165) is 11.3 Å². The van der Waals surface area contributed by atoms with Crippen molar-refractivity contribution in [2.24, 2.45) is 0 Å². The van der Waals surface area contributed by atoms with Crippen molar-refractivity contribution in [2.75, 3.05) is 14.1 Å². The van der Waals surface area contributed by atoms with Crippen LogP contribution in [0.15, 0.2) is 54.6 Å². The molecule has 5 nitrogen and oxygen atoms in total. The van der Waals surface area contributed by atoms with E-state index in [9.17, 15) is 9.59 Å². The third-order valence-corrected chi connectivity index (χ3v) is 3.41. The highest BCUT2D eigenvalue weighted by Crippen LogP contribution is 2.13. The van der Waals surface area contributed by atoms with Crippen molar-refractivity contribution in [3.8, 4) is 5.75 Å². The maximum atomic E-state index is 12.0. The molecule has 5 heteroatoms. The molecule has 0 fully saturated rings. The minimum absolute atomic E-state index is 0.253. The van der Waals surface area contributed by atoms with Gasteiger partial charge in [0.1, 0.15) is 12.4 Å². The maximum Gasteiger partial charge on any atom is 0.338 e. The van der Waals surface area contributed by atoms with E-state index in [1.807, 2.05) is 30.3 Å². The fourth-order valence-electron chi connectivity index (χ4n) is 2.06. The van der Waals surface area contributed by atoms with Crippen molar-refractivity contribution in [2.45, 2.75) is 19.6 Å². The minimum atomic E-state index is -0.811. The van der Waals surface area contributed by atoms with Crippen molar-refractivity contribution in [3.63, 3.8) is 0 Å². The summed E-state index contributed by atoms with van der Waals surface area (Å²) in [5.74, 6) is 0.0152. The predicted molar refractivity (Wildman–Crippen MR) is 90.8 cm³/mol. The molecule has 0 aliphatic carbocycles. The number of para-hydroxylation sites is 1. The number of ether oxygens (including phenoxy) is 2.